The molecule has 0 fully saturated rings. The molecule has 1 heteroatoms. The molecule has 0 amide bonds. The van der Waals surface area contributed by atoms with Crippen molar-refractivity contribution in [2.45, 2.75) is 32.3 Å². The first kappa shape index (κ1) is 11.7. The Morgan fingerprint density at radius 2 is 1.89 bits per heavy atom. The van der Waals surface area contributed by atoms with Gasteiger partial charge in [-0.2, -0.15) is 0 Å². The van der Waals surface area contributed by atoms with Gasteiger partial charge in [-0.3, -0.25) is 0 Å². The molecule has 0 aliphatic heterocycles. The molecule has 1 nitrogen and oxygen atoms in total. The third kappa shape index (κ3) is 1.83. The molecule has 2 aliphatic rings. The second-order valence-electron chi connectivity index (χ2n) is 5.70. The van der Waals surface area contributed by atoms with Gasteiger partial charge in [0.15, 0.2) is 0 Å². The Morgan fingerprint density at radius 1 is 1.11 bits per heavy atom. The normalized spacial score (nSPS) is 33.7. The van der Waals surface area contributed by atoms with Crippen LogP contribution in [0.15, 0.2) is 42.5 Å². The van der Waals surface area contributed by atoms with Crippen molar-refractivity contribution < 1.29 is 5.11 Å². The van der Waals surface area contributed by atoms with Gasteiger partial charge in [-0.15, -0.1) is 0 Å². The van der Waals surface area contributed by atoms with E-state index < -0.39 is 0 Å². The van der Waals surface area contributed by atoms with Crippen LogP contribution in [0.25, 0.3) is 0 Å². The van der Waals surface area contributed by atoms with E-state index in [0.717, 1.165) is 12.0 Å². The fourth-order valence-corrected chi connectivity index (χ4v) is 3.42. The molecule has 4 unspecified atom stereocenters. The van der Waals surface area contributed by atoms with Gasteiger partial charge in [0.1, 0.15) is 0 Å². The fourth-order valence-electron chi connectivity index (χ4n) is 3.42. The number of benzene rings is 1. The number of rotatable bonds is 1. The predicted octanol–water partition coefficient (Wildman–Crippen LogP) is 3.89. The molecule has 0 saturated carbocycles. The van der Waals surface area contributed by atoms with Gasteiger partial charge < -0.3 is 5.11 Å². The van der Waals surface area contributed by atoms with Crippen molar-refractivity contribution in [2.24, 2.45) is 11.8 Å². The van der Waals surface area contributed by atoms with Crippen molar-refractivity contribution in [1.29, 1.82) is 0 Å². The van der Waals surface area contributed by atoms with Crippen LogP contribution in [-0.2, 0) is 0 Å². The van der Waals surface area contributed by atoms with Crippen molar-refractivity contribution in [3.63, 3.8) is 0 Å². The molecule has 1 N–H and O–H groups in total. The molecule has 4 atom stereocenters. The van der Waals surface area contributed by atoms with Crippen molar-refractivity contribution in [2.75, 3.05) is 0 Å². The average Bonchev–Trinajstić information content (AvgIpc) is 2.67. The SMILES string of the molecule is Cc1ccc2c(c1)C(O)CC2C1C=CC=CC1C. The molecule has 3 rings (SSSR count). The average molecular weight is 240 g/mol. The lowest BCUT2D eigenvalue weighted by atomic mass is 9.77. The zero-order valence-electron chi connectivity index (χ0n) is 11.0. The minimum atomic E-state index is -0.281. The highest BCUT2D eigenvalue weighted by Crippen LogP contribution is 2.47. The van der Waals surface area contributed by atoms with Gasteiger partial charge in [0, 0.05) is 0 Å². The first-order valence-corrected chi connectivity index (χ1v) is 6.80. The zero-order valence-corrected chi connectivity index (χ0v) is 11.0. The molecule has 18 heavy (non-hydrogen) atoms. The third-order valence-corrected chi connectivity index (χ3v) is 4.41. The van der Waals surface area contributed by atoms with Crippen molar-refractivity contribution >= 4 is 0 Å². The Hall–Kier alpha value is -1.34. The number of aliphatic hydroxyl groups is 1. The van der Waals surface area contributed by atoms with Crippen LogP contribution in [0.4, 0.5) is 0 Å². The highest BCUT2D eigenvalue weighted by atomic mass is 16.3. The van der Waals surface area contributed by atoms with Crippen LogP contribution in [-0.4, -0.2) is 5.11 Å². The predicted molar refractivity (Wildman–Crippen MR) is 74.4 cm³/mol. The van der Waals surface area contributed by atoms with Crippen molar-refractivity contribution in [3.8, 4) is 0 Å². The van der Waals surface area contributed by atoms with Crippen LogP contribution in [0.2, 0.25) is 0 Å². The second-order valence-corrected chi connectivity index (χ2v) is 5.70. The molecule has 0 heterocycles. The summed E-state index contributed by atoms with van der Waals surface area (Å²) in [7, 11) is 0. The van der Waals surface area contributed by atoms with E-state index in [0.29, 0.717) is 17.8 Å². The van der Waals surface area contributed by atoms with Crippen LogP contribution in [0.1, 0.15) is 42.1 Å². The van der Waals surface area contributed by atoms with Gasteiger partial charge in [-0.1, -0.05) is 55.0 Å². The van der Waals surface area contributed by atoms with E-state index in [1.807, 2.05) is 0 Å². The molecule has 2 aliphatic carbocycles. The Bertz CT molecular complexity index is 512. The molecule has 0 saturated heterocycles. The summed E-state index contributed by atoms with van der Waals surface area (Å²) >= 11 is 0. The lowest BCUT2D eigenvalue weighted by Gasteiger charge is -2.27. The van der Waals surface area contributed by atoms with Gasteiger partial charge in [0.05, 0.1) is 6.10 Å². The van der Waals surface area contributed by atoms with E-state index in [1.165, 1.54) is 11.1 Å². The quantitative estimate of drug-likeness (QED) is 0.789. The summed E-state index contributed by atoms with van der Waals surface area (Å²) in [6.07, 6.45) is 9.43. The van der Waals surface area contributed by atoms with E-state index in [1.54, 1.807) is 0 Å². The molecular weight excluding hydrogens is 220 g/mol. The standard InChI is InChI=1S/C17H20O/c1-11-7-8-14-15(10-17(18)16(14)9-11)13-6-4-3-5-12(13)2/h3-9,12-13,15,17-18H,10H2,1-2H3. The highest BCUT2D eigenvalue weighted by molar-refractivity contribution is 5.41. The number of hydrogen-bond acceptors (Lipinski definition) is 1. The molecule has 0 spiro atoms. The lowest BCUT2D eigenvalue weighted by molar-refractivity contribution is 0.165. The summed E-state index contributed by atoms with van der Waals surface area (Å²) in [4.78, 5) is 0. The smallest absolute Gasteiger partial charge is 0.0799 e. The number of fused-ring (bicyclic) bond motifs is 1. The topological polar surface area (TPSA) is 20.2 Å². The molecule has 0 radical (unpaired) electrons. The van der Waals surface area contributed by atoms with E-state index in [2.05, 4.69) is 56.4 Å². The van der Waals surface area contributed by atoms with Crippen LogP contribution < -0.4 is 0 Å². The number of aliphatic hydroxyl groups excluding tert-OH is 1. The first-order chi connectivity index (χ1) is 8.66. The number of aryl methyl sites for hydroxylation is 1. The Morgan fingerprint density at radius 3 is 2.67 bits per heavy atom. The van der Waals surface area contributed by atoms with E-state index in [9.17, 15) is 5.11 Å². The van der Waals surface area contributed by atoms with E-state index >= 15 is 0 Å². The zero-order chi connectivity index (χ0) is 12.7. The van der Waals surface area contributed by atoms with Gasteiger partial charge >= 0.3 is 0 Å². The Labute approximate surface area is 109 Å². The van der Waals surface area contributed by atoms with E-state index in [4.69, 9.17) is 0 Å². The molecule has 94 valence electrons. The maximum atomic E-state index is 10.3. The lowest BCUT2D eigenvalue weighted by Crippen LogP contribution is -2.17. The van der Waals surface area contributed by atoms with Gasteiger partial charge in [0.2, 0.25) is 0 Å². The minimum absolute atomic E-state index is 0.281. The fraction of sp³-hybridized carbons (Fsp3) is 0.412. The highest BCUT2D eigenvalue weighted by Gasteiger charge is 2.35. The number of hydrogen-bond donors (Lipinski definition) is 1. The summed E-state index contributed by atoms with van der Waals surface area (Å²) < 4.78 is 0. The Balaban J connectivity index is 1.98. The summed E-state index contributed by atoms with van der Waals surface area (Å²) in [5, 5.41) is 10.3. The van der Waals surface area contributed by atoms with Crippen LogP contribution in [0.5, 0.6) is 0 Å². The third-order valence-electron chi connectivity index (χ3n) is 4.41. The van der Waals surface area contributed by atoms with Gasteiger partial charge in [-0.25, -0.2) is 0 Å². The minimum Gasteiger partial charge on any atom is -0.388 e. The molecular formula is C17H20O. The molecule has 1 aromatic carbocycles. The van der Waals surface area contributed by atoms with Gasteiger partial charge in [0.25, 0.3) is 0 Å². The largest absolute Gasteiger partial charge is 0.388 e. The summed E-state index contributed by atoms with van der Waals surface area (Å²) in [6, 6.07) is 6.52. The maximum Gasteiger partial charge on any atom is 0.0799 e. The maximum absolute atomic E-state index is 10.3. The van der Waals surface area contributed by atoms with Crippen LogP contribution in [0.3, 0.4) is 0 Å². The van der Waals surface area contributed by atoms with Crippen LogP contribution in [0, 0.1) is 18.8 Å². The first-order valence-electron chi connectivity index (χ1n) is 6.80. The van der Waals surface area contributed by atoms with E-state index in [-0.39, 0.29) is 6.10 Å². The monoisotopic (exact) mass is 240 g/mol. The summed E-state index contributed by atoms with van der Waals surface area (Å²) in [5.41, 5.74) is 3.74. The molecule has 0 aromatic heterocycles. The van der Waals surface area contributed by atoms with Gasteiger partial charge in [-0.05, 0) is 42.2 Å². The molecule has 0 bridgehead atoms. The van der Waals surface area contributed by atoms with Crippen molar-refractivity contribution in [1.82, 2.24) is 0 Å². The summed E-state index contributed by atoms with van der Waals surface area (Å²) in [6.45, 7) is 4.36. The number of allylic oxidation sites excluding steroid dienone is 4. The van der Waals surface area contributed by atoms with Crippen molar-refractivity contribution in [3.05, 3.63) is 59.2 Å². The molecule has 1 aromatic rings. The summed E-state index contributed by atoms with van der Waals surface area (Å²) in [5.74, 6) is 1.54. The van der Waals surface area contributed by atoms with Crippen LogP contribution >= 0.6 is 0 Å². The second kappa shape index (κ2) is 4.40. The Kier molecular flexibility index (Phi) is 2.87.